The van der Waals surface area contributed by atoms with Crippen molar-refractivity contribution in [3.63, 3.8) is 0 Å². The van der Waals surface area contributed by atoms with E-state index < -0.39 is 12.9 Å². The van der Waals surface area contributed by atoms with E-state index >= 15 is 0 Å². The van der Waals surface area contributed by atoms with Crippen molar-refractivity contribution in [3.8, 4) is 0 Å². The molecule has 0 aromatic heterocycles. The Bertz CT molecular complexity index is 909. The first kappa shape index (κ1) is 21.7. The molecule has 4 aromatic carbocycles. The standard InChI is InChI=1S/C25H21BP2S2/c26-25(27(29,21-13-5-1-6-14-21)22-15-7-2-8-16-22)28(30,23-17-9-3-10-18-23)24-19-11-4-12-20-24/h1-20,25H. The third-order valence-electron chi connectivity index (χ3n) is 5.30. The summed E-state index contributed by atoms with van der Waals surface area (Å²) >= 11 is 13.1. The van der Waals surface area contributed by atoms with Crippen LogP contribution in [0.4, 0.5) is 0 Å². The molecule has 0 unspecified atom stereocenters. The first-order chi connectivity index (χ1) is 14.6. The van der Waals surface area contributed by atoms with Crippen molar-refractivity contribution in [2.75, 3.05) is 0 Å². The molecule has 146 valence electrons. The van der Waals surface area contributed by atoms with Crippen LogP contribution in [0.15, 0.2) is 121 Å². The molecule has 0 spiro atoms. The van der Waals surface area contributed by atoms with Crippen LogP contribution in [0.5, 0.6) is 0 Å². The van der Waals surface area contributed by atoms with Gasteiger partial charge in [0.25, 0.3) is 0 Å². The fraction of sp³-hybridized carbons (Fsp3) is 0.0400. The summed E-state index contributed by atoms with van der Waals surface area (Å²) in [4.78, 5) is 0. The Kier molecular flexibility index (Phi) is 6.76. The topological polar surface area (TPSA) is 0 Å². The van der Waals surface area contributed by atoms with Gasteiger partial charge in [-0.05, 0) is 61.5 Å². The number of benzene rings is 4. The van der Waals surface area contributed by atoms with Crippen LogP contribution >= 0.6 is 12.9 Å². The maximum atomic E-state index is 7.25. The molecule has 0 amide bonds. The molecular weight excluding hydrogens is 437 g/mol. The van der Waals surface area contributed by atoms with E-state index in [-0.39, 0.29) is 5.30 Å². The van der Waals surface area contributed by atoms with Gasteiger partial charge in [0.1, 0.15) is 5.30 Å². The van der Waals surface area contributed by atoms with E-state index in [2.05, 4.69) is 48.5 Å². The third-order valence-corrected chi connectivity index (χ3v) is 18.0. The minimum Gasteiger partial charge on any atom is -0.542 e. The van der Waals surface area contributed by atoms with Crippen LogP contribution in [0.3, 0.4) is 0 Å². The Hall–Kier alpha value is -1.50. The van der Waals surface area contributed by atoms with Gasteiger partial charge in [-0.1, -0.05) is 72.8 Å². The van der Waals surface area contributed by atoms with Gasteiger partial charge in [-0.2, -0.15) is 0 Å². The van der Waals surface area contributed by atoms with Gasteiger partial charge in [0.05, 0.1) is 21.2 Å². The smallest absolute Gasteiger partial charge is 0.183 e. The monoisotopic (exact) mass is 458 g/mol. The second kappa shape index (κ2) is 9.33. The van der Waals surface area contributed by atoms with Crippen LogP contribution in [-0.2, 0) is 24.5 Å². The van der Waals surface area contributed by atoms with Gasteiger partial charge >= 0.3 is 0 Å². The highest BCUT2D eigenvalue weighted by Gasteiger charge is 2.49. The highest BCUT2D eigenvalue weighted by atomic mass is 32.7. The van der Waals surface area contributed by atoms with Crippen LogP contribution in [0.1, 0.15) is 0 Å². The van der Waals surface area contributed by atoms with Crippen molar-refractivity contribution in [3.05, 3.63) is 121 Å². The van der Waals surface area contributed by atoms with Crippen LogP contribution in [0.25, 0.3) is 0 Å². The van der Waals surface area contributed by atoms with Gasteiger partial charge in [-0.15, -0.1) is 0 Å². The van der Waals surface area contributed by atoms with Gasteiger partial charge in [0.15, 0.2) is 7.85 Å². The molecule has 0 aliphatic heterocycles. The van der Waals surface area contributed by atoms with Crippen molar-refractivity contribution >= 4 is 66.5 Å². The Morgan fingerprint density at radius 1 is 0.433 bits per heavy atom. The lowest BCUT2D eigenvalue weighted by Crippen LogP contribution is -2.38. The summed E-state index contributed by atoms with van der Waals surface area (Å²) in [7, 11) is 7.25. The molecule has 0 aliphatic carbocycles. The van der Waals surface area contributed by atoms with Gasteiger partial charge in [-0.25, -0.2) is 0 Å². The zero-order valence-corrected chi connectivity index (χ0v) is 19.8. The molecular formula is C25H21BP2S2. The van der Waals surface area contributed by atoms with E-state index in [1.165, 1.54) is 0 Å². The first-order valence-electron chi connectivity index (χ1n) is 9.75. The van der Waals surface area contributed by atoms with Crippen LogP contribution < -0.4 is 21.2 Å². The summed E-state index contributed by atoms with van der Waals surface area (Å²) in [5.41, 5.74) is 0. The van der Waals surface area contributed by atoms with Crippen LogP contribution in [0, 0.1) is 0 Å². The predicted molar refractivity (Wildman–Crippen MR) is 142 cm³/mol. The largest absolute Gasteiger partial charge is 0.542 e. The van der Waals surface area contributed by atoms with E-state index in [1.807, 2.05) is 72.8 Å². The maximum Gasteiger partial charge on any atom is 0.183 e. The molecule has 0 fully saturated rings. The van der Waals surface area contributed by atoms with Gasteiger partial charge < -0.3 is 24.5 Å². The molecule has 0 heterocycles. The van der Waals surface area contributed by atoms with E-state index in [4.69, 9.17) is 32.3 Å². The summed E-state index contributed by atoms with van der Waals surface area (Å²) in [6.45, 7) is -4.82. The molecule has 0 atom stereocenters. The average Bonchev–Trinajstić information content (AvgIpc) is 2.84. The second-order valence-corrected chi connectivity index (χ2v) is 16.7. The van der Waals surface area contributed by atoms with Crippen molar-refractivity contribution in [1.82, 2.24) is 0 Å². The number of rotatable bonds is 6. The Balaban J connectivity index is 1.98. The molecule has 4 aromatic rings. The molecule has 0 bridgehead atoms. The third kappa shape index (κ3) is 3.90. The summed E-state index contributed by atoms with van der Waals surface area (Å²) in [5.74, 6) is 0. The van der Waals surface area contributed by atoms with E-state index in [0.29, 0.717) is 0 Å². The van der Waals surface area contributed by atoms with E-state index in [9.17, 15) is 0 Å². The first-order valence-corrected chi connectivity index (χ1v) is 15.5. The molecule has 5 heteroatoms. The molecule has 0 N–H and O–H groups in total. The Morgan fingerprint density at radius 3 is 0.833 bits per heavy atom. The lowest BCUT2D eigenvalue weighted by molar-refractivity contribution is 1.70. The maximum absolute atomic E-state index is 7.25. The fourth-order valence-electron chi connectivity index (χ4n) is 3.74. The molecule has 2 radical (unpaired) electrons. The zero-order chi connectivity index (χ0) is 21.0. The van der Waals surface area contributed by atoms with Crippen molar-refractivity contribution in [1.29, 1.82) is 0 Å². The number of hydrogen-bond donors (Lipinski definition) is 0. The fourth-order valence-corrected chi connectivity index (χ4v) is 16.0. The number of hydrogen-bond acceptors (Lipinski definition) is 2. The van der Waals surface area contributed by atoms with Crippen molar-refractivity contribution in [2.45, 2.75) is 5.30 Å². The minimum absolute atomic E-state index is 0.357. The Labute approximate surface area is 192 Å². The van der Waals surface area contributed by atoms with Gasteiger partial charge in [-0.3, -0.25) is 0 Å². The summed E-state index contributed by atoms with van der Waals surface area (Å²) in [5, 5.41) is 4.09. The molecule has 0 nitrogen and oxygen atoms in total. The normalized spacial score (nSPS) is 12.1. The van der Waals surface area contributed by atoms with E-state index in [0.717, 1.165) is 21.2 Å². The summed E-state index contributed by atoms with van der Waals surface area (Å²) in [6, 6.07) is 41.3. The molecule has 0 saturated heterocycles. The molecule has 4 rings (SSSR count). The van der Waals surface area contributed by atoms with Crippen molar-refractivity contribution < 1.29 is 0 Å². The lowest BCUT2D eigenvalue weighted by atomic mass is 10.2. The SMILES string of the molecule is [B]C([P+]([S-])(c1ccccc1)c1ccccc1)[P+]([S-])(c1ccccc1)c1ccccc1. The van der Waals surface area contributed by atoms with Gasteiger partial charge in [0, 0.05) is 0 Å². The second-order valence-electron chi connectivity index (χ2n) is 7.07. The quantitative estimate of drug-likeness (QED) is 0.234. The zero-order valence-electron chi connectivity index (χ0n) is 16.4. The van der Waals surface area contributed by atoms with Crippen molar-refractivity contribution in [2.24, 2.45) is 0 Å². The van der Waals surface area contributed by atoms with E-state index in [1.54, 1.807) is 0 Å². The van der Waals surface area contributed by atoms with Gasteiger partial charge in [0.2, 0.25) is 0 Å². The Morgan fingerprint density at radius 2 is 0.633 bits per heavy atom. The summed E-state index contributed by atoms with van der Waals surface area (Å²) < 4.78 is 0. The molecule has 0 aliphatic rings. The highest BCUT2D eigenvalue weighted by Crippen LogP contribution is 2.74. The lowest BCUT2D eigenvalue weighted by Gasteiger charge is -2.48. The molecule has 30 heavy (non-hydrogen) atoms. The minimum atomic E-state index is -2.41. The molecule has 0 saturated carbocycles. The predicted octanol–water partition coefficient (Wildman–Crippen LogP) is 4.70. The average molecular weight is 458 g/mol. The van der Waals surface area contributed by atoms with Crippen LogP contribution in [-0.4, -0.2) is 13.1 Å². The summed E-state index contributed by atoms with van der Waals surface area (Å²) in [6.07, 6.45) is 0. The highest BCUT2D eigenvalue weighted by molar-refractivity contribution is 8.58. The van der Waals surface area contributed by atoms with Crippen LogP contribution in [0.2, 0.25) is 0 Å².